The Morgan fingerprint density at radius 1 is 1.00 bits per heavy atom. The lowest BCUT2D eigenvalue weighted by Crippen LogP contribution is -2.42. The van der Waals surface area contributed by atoms with Crippen LogP contribution in [0, 0.1) is 0 Å². The van der Waals surface area contributed by atoms with Crippen LogP contribution in [0.25, 0.3) is 0 Å². The van der Waals surface area contributed by atoms with Gasteiger partial charge in [0.1, 0.15) is 0 Å². The van der Waals surface area contributed by atoms with Gasteiger partial charge in [-0.3, -0.25) is 4.79 Å². The first-order valence-electron chi connectivity index (χ1n) is 8.80. The van der Waals surface area contributed by atoms with E-state index in [-0.39, 0.29) is 5.91 Å². The van der Waals surface area contributed by atoms with Crippen molar-refractivity contribution in [3.63, 3.8) is 0 Å². The lowest BCUT2D eigenvalue weighted by Gasteiger charge is -2.36. The maximum atomic E-state index is 12.8. The summed E-state index contributed by atoms with van der Waals surface area (Å²) in [6.07, 6.45) is 4.46. The van der Waals surface area contributed by atoms with Crippen molar-refractivity contribution in [2.24, 2.45) is 0 Å². The number of hydrogen-bond donors (Lipinski definition) is 0. The predicted octanol–water partition coefficient (Wildman–Crippen LogP) is 5.53. The van der Waals surface area contributed by atoms with Gasteiger partial charge in [-0.25, -0.2) is 0 Å². The smallest absolute Gasteiger partial charge is 0.254 e. The number of nitrogens with zero attached hydrogens (tertiary/aromatic N) is 1. The number of benzene rings is 2. The highest BCUT2D eigenvalue weighted by Crippen LogP contribution is 2.35. The molecule has 126 valence electrons. The minimum atomic E-state index is 0.123. The van der Waals surface area contributed by atoms with E-state index in [0.717, 1.165) is 37.8 Å². The van der Waals surface area contributed by atoms with Crippen LogP contribution in [0.2, 0.25) is 5.02 Å². The summed E-state index contributed by atoms with van der Waals surface area (Å²) in [4.78, 5) is 14.9. The number of halogens is 1. The second-order valence-corrected chi connectivity index (χ2v) is 6.95. The largest absolute Gasteiger partial charge is 0.336 e. The highest BCUT2D eigenvalue weighted by Gasteiger charge is 2.29. The summed E-state index contributed by atoms with van der Waals surface area (Å²) in [5.74, 6) is 0.754. The van der Waals surface area contributed by atoms with E-state index in [1.54, 1.807) is 12.1 Å². The molecule has 2 nitrogen and oxygen atoms in total. The van der Waals surface area contributed by atoms with Crippen molar-refractivity contribution < 1.29 is 4.79 Å². The minimum absolute atomic E-state index is 0.123. The Bertz CT molecular complexity index is 660. The number of rotatable bonds is 4. The zero-order valence-corrected chi connectivity index (χ0v) is 14.9. The summed E-state index contributed by atoms with van der Waals surface area (Å²) in [7, 11) is 0. The van der Waals surface area contributed by atoms with Gasteiger partial charge in [0.15, 0.2) is 0 Å². The van der Waals surface area contributed by atoms with Crippen molar-refractivity contribution in [2.45, 2.75) is 44.6 Å². The van der Waals surface area contributed by atoms with Crippen LogP contribution in [0.1, 0.15) is 54.4 Å². The van der Waals surface area contributed by atoms with Gasteiger partial charge in [-0.2, -0.15) is 0 Å². The molecular formula is C21H24ClNO. The topological polar surface area (TPSA) is 20.3 Å². The van der Waals surface area contributed by atoms with Gasteiger partial charge in [-0.05, 0) is 68.4 Å². The molecule has 0 radical (unpaired) electrons. The molecule has 2 aromatic rings. The average molecular weight is 342 g/mol. The van der Waals surface area contributed by atoms with Crippen LogP contribution in [0.15, 0.2) is 54.6 Å². The van der Waals surface area contributed by atoms with Crippen LogP contribution in [0.3, 0.4) is 0 Å². The fourth-order valence-electron chi connectivity index (χ4n) is 3.77. The van der Waals surface area contributed by atoms with E-state index in [1.807, 2.05) is 17.0 Å². The zero-order chi connectivity index (χ0) is 16.9. The minimum Gasteiger partial charge on any atom is -0.336 e. The van der Waals surface area contributed by atoms with Gasteiger partial charge in [0.2, 0.25) is 0 Å². The average Bonchev–Trinajstić information content (AvgIpc) is 2.64. The predicted molar refractivity (Wildman–Crippen MR) is 99.6 cm³/mol. The van der Waals surface area contributed by atoms with Gasteiger partial charge in [-0.1, -0.05) is 41.9 Å². The summed E-state index contributed by atoms with van der Waals surface area (Å²) < 4.78 is 0. The highest BCUT2D eigenvalue weighted by atomic mass is 35.5. The third kappa shape index (κ3) is 3.81. The zero-order valence-electron chi connectivity index (χ0n) is 14.1. The Morgan fingerprint density at radius 3 is 2.21 bits per heavy atom. The number of carbonyl (C=O) groups excluding carboxylic acids is 1. The molecule has 0 heterocycles. The normalized spacial score (nSPS) is 20.6. The van der Waals surface area contributed by atoms with Gasteiger partial charge < -0.3 is 4.90 Å². The molecule has 0 spiro atoms. The van der Waals surface area contributed by atoms with E-state index in [9.17, 15) is 4.79 Å². The molecule has 24 heavy (non-hydrogen) atoms. The van der Waals surface area contributed by atoms with Gasteiger partial charge >= 0.3 is 0 Å². The molecule has 1 aliphatic carbocycles. The fraction of sp³-hybridized carbons (Fsp3) is 0.381. The Balaban J connectivity index is 1.65. The van der Waals surface area contributed by atoms with Gasteiger partial charge in [0, 0.05) is 23.2 Å². The van der Waals surface area contributed by atoms with Crippen molar-refractivity contribution in [2.75, 3.05) is 6.54 Å². The second kappa shape index (κ2) is 7.85. The molecule has 3 heteroatoms. The van der Waals surface area contributed by atoms with E-state index in [1.165, 1.54) is 5.56 Å². The van der Waals surface area contributed by atoms with Gasteiger partial charge in [0.05, 0.1) is 0 Å². The molecule has 1 saturated carbocycles. The van der Waals surface area contributed by atoms with Crippen LogP contribution >= 0.6 is 11.6 Å². The van der Waals surface area contributed by atoms with Crippen LogP contribution in [0.5, 0.6) is 0 Å². The molecule has 0 aliphatic heterocycles. The fourth-order valence-corrected chi connectivity index (χ4v) is 3.90. The molecule has 1 fully saturated rings. The standard InChI is InChI=1S/C21H24ClNO/c1-2-23(21(24)18-8-12-19(22)13-9-18)20-14-10-17(11-15-20)16-6-4-3-5-7-16/h3-9,12-13,17,20H,2,10-11,14-15H2,1H3/t17-,20-. The summed E-state index contributed by atoms with van der Waals surface area (Å²) in [6, 6.07) is 18.3. The van der Waals surface area contributed by atoms with E-state index in [4.69, 9.17) is 11.6 Å². The second-order valence-electron chi connectivity index (χ2n) is 6.51. The summed E-state index contributed by atoms with van der Waals surface area (Å²) in [5, 5.41) is 0.665. The van der Waals surface area contributed by atoms with Gasteiger partial charge in [-0.15, -0.1) is 0 Å². The molecular weight excluding hydrogens is 318 g/mol. The Hall–Kier alpha value is -1.80. The molecule has 0 unspecified atom stereocenters. The molecule has 0 bridgehead atoms. The maximum Gasteiger partial charge on any atom is 0.254 e. The van der Waals surface area contributed by atoms with Crippen molar-refractivity contribution >= 4 is 17.5 Å². The van der Waals surface area contributed by atoms with Crippen LogP contribution in [-0.4, -0.2) is 23.4 Å². The Labute approximate surface area is 149 Å². The molecule has 0 atom stereocenters. The van der Waals surface area contributed by atoms with Crippen molar-refractivity contribution in [3.05, 3.63) is 70.7 Å². The van der Waals surface area contributed by atoms with Crippen LogP contribution in [0.4, 0.5) is 0 Å². The van der Waals surface area contributed by atoms with E-state index in [2.05, 4.69) is 37.3 Å². The number of hydrogen-bond acceptors (Lipinski definition) is 1. The summed E-state index contributed by atoms with van der Waals surface area (Å²) >= 11 is 5.93. The Morgan fingerprint density at radius 2 is 1.62 bits per heavy atom. The molecule has 0 N–H and O–H groups in total. The maximum absolute atomic E-state index is 12.8. The molecule has 1 aliphatic rings. The van der Waals surface area contributed by atoms with Crippen molar-refractivity contribution in [1.82, 2.24) is 4.90 Å². The number of amides is 1. The number of carbonyl (C=O) groups is 1. The van der Waals surface area contributed by atoms with E-state index < -0.39 is 0 Å². The first kappa shape index (κ1) is 17.0. The quantitative estimate of drug-likeness (QED) is 0.716. The Kier molecular flexibility index (Phi) is 5.57. The lowest BCUT2D eigenvalue weighted by molar-refractivity contribution is 0.0640. The molecule has 2 aromatic carbocycles. The van der Waals surface area contributed by atoms with Crippen LogP contribution < -0.4 is 0 Å². The lowest BCUT2D eigenvalue weighted by atomic mass is 9.81. The SMILES string of the molecule is CCN(C(=O)c1ccc(Cl)cc1)[C@H]1CC[C@H](c2ccccc2)CC1. The third-order valence-electron chi connectivity index (χ3n) is 5.10. The van der Waals surface area contributed by atoms with Crippen molar-refractivity contribution in [3.8, 4) is 0 Å². The first-order chi connectivity index (χ1) is 11.7. The van der Waals surface area contributed by atoms with E-state index in [0.29, 0.717) is 17.0 Å². The molecule has 0 saturated heterocycles. The van der Waals surface area contributed by atoms with Gasteiger partial charge in [0.25, 0.3) is 5.91 Å². The highest BCUT2D eigenvalue weighted by molar-refractivity contribution is 6.30. The monoisotopic (exact) mass is 341 g/mol. The van der Waals surface area contributed by atoms with E-state index >= 15 is 0 Å². The molecule has 1 amide bonds. The summed E-state index contributed by atoms with van der Waals surface area (Å²) in [5.41, 5.74) is 2.16. The third-order valence-corrected chi connectivity index (χ3v) is 5.35. The molecule has 0 aromatic heterocycles. The first-order valence-corrected chi connectivity index (χ1v) is 9.18. The summed E-state index contributed by atoms with van der Waals surface area (Å²) in [6.45, 7) is 2.82. The van der Waals surface area contributed by atoms with Crippen molar-refractivity contribution in [1.29, 1.82) is 0 Å². The van der Waals surface area contributed by atoms with Crippen LogP contribution in [-0.2, 0) is 0 Å². The molecule has 3 rings (SSSR count).